The van der Waals surface area contributed by atoms with Gasteiger partial charge in [-0.1, -0.05) is 36.4 Å². The molecule has 0 radical (unpaired) electrons. The Morgan fingerprint density at radius 1 is 1.10 bits per heavy atom. The van der Waals surface area contributed by atoms with Crippen LogP contribution in [0.1, 0.15) is 40.9 Å². The van der Waals surface area contributed by atoms with Gasteiger partial charge in [-0.2, -0.15) is 0 Å². The molecule has 3 rings (SSSR count). The molecule has 0 spiro atoms. The van der Waals surface area contributed by atoms with Gasteiger partial charge in [-0.3, -0.25) is 14.4 Å². The molecule has 29 heavy (non-hydrogen) atoms. The summed E-state index contributed by atoms with van der Waals surface area (Å²) in [6.45, 7) is 1.91. The van der Waals surface area contributed by atoms with Gasteiger partial charge in [-0.15, -0.1) is 11.3 Å². The van der Waals surface area contributed by atoms with E-state index in [1.54, 1.807) is 11.0 Å². The Kier molecular flexibility index (Phi) is 7.81. The number of carbonyl (C=O) groups excluding carboxylic acids is 3. The van der Waals surface area contributed by atoms with Crippen molar-refractivity contribution in [3.63, 3.8) is 0 Å². The predicted octanol–water partition coefficient (Wildman–Crippen LogP) is 2.81. The van der Waals surface area contributed by atoms with Crippen molar-refractivity contribution in [1.82, 2.24) is 15.5 Å². The lowest BCUT2D eigenvalue weighted by atomic mass is 9.98. The van der Waals surface area contributed by atoms with Crippen LogP contribution in [0, 0.1) is 5.92 Å². The number of carbonyl (C=O) groups is 3. The van der Waals surface area contributed by atoms with Crippen LogP contribution in [0.3, 0.4) is 0 Å². The minimum Gasteiger partial charge on any atom is -0.356 e. The Balaban J connectivity index is 1.59. The van der Waals surface area contributed by atoms with E-state index < -0.39 is 0 Å². The third kappa shape index (κ3) is 6.42. The molecule has 1 saturated heterocycles. The fraction of sp³-hybridized carbons (Fsp3) is 0.409. The van der Waals surface area contributed by atoms with Gasteiger partial charge in [-0.25, -0.2) is 0 Å². The molecule has 0 aliphatic carbocycles. The second-order valence-corrected chi connectivity index (χ2v) is 8.15. The van der Waals surface area contributed by atoms with Gasteiger partial charge >= 0.3 is 0 Å². The lowest BCUT2D eigenvalue weighted by molar-refractivity contribution is -0.126. The number of nitrogens with one attached hydrogen (secondary N) is 2. The van der Waals surface area contributed by atoms with Crippen LogP contribution in [-0.4, -0.2) is 42.3 Å². The lowest BCUT2D eigenvalue weighted by Gasteiger charge is -2.22. The van der Waals surface area contributed by atoms with E-state index in [1.165, 1.54) is 11.3 Å². The summed E-state index contributed by atoms with van der Waals surface area (Å²) >= 11 is 1.40. The molecule has 3 amide bonds. The maximum Gasteiger partial charge on any atom is 0.263 e. The predicted molar refractivity (Wildman–Crippen MR) is 113 cm³/mol. The molecule has 1 atom stereocenters. The first-order valence-electron chi connectivity index (χ1n) is 10.0. The first-order chi connectivity index (χ1) is 14.1. The summed E-state index contributed by atoms with van der Waals surface area (Å²) in [6, 6.07) is 13.5. The summed E-state index contributed by atoms with van der Waals surface area (Å²) < 4.78 is 0. The Labute approximate surface area is 175 Å². The minimum atomic E-state index is -0.184. The third-order valence-corrected chi connectivity index (χ3v) is 5.96. The number of nitrogens with zero attached hydrogens (tertiary/aromatic N) is 1. The zero-order valence-electron chi connectivity index (χ0n) is 16.4. The molecule has 1 unspecified atom stereocenters. The van der Waals surface area contributed by atoms with Crippen molar-refractivity contribution in [1.29, 1.82) is 0 Å². The van der Waals surface area contributed by atoms with Crippen molar-refractivity contribution in [3.8, 4) is 0 Å². The van der Waals surface area contributed by atoms with Gasteiger partial charge in [0.15, 0.2) is 0 Å². The van der Waals surface area contributed by atoms with Crippen molar-refractivity contribution in [2.45, 2.75) is 32.2 Å². The standard InChI is InChI=1S/C22H27N3O3S/c26-20-11-14-25(22(28)19-9-5-15-29-19)13-4-8-18(10-12-23-20)21(27)24-16-17-6-2-1-3-7-17/h1-3,5-7,9,15,18H,4,8,10-14,16H2,(H,23,26)(H,24,27). The normalized spacial score (nSPS) is 18.4. The summed E-state index contributed by atoms with van der Waals surface area (Å²) in [5, 5.41) is 7.76. The summed E-state index contributed by atoms with van der Waals surface area (Å²) in [6.07, 6.45) is 2.30. The SMILES string of the molecule is O=C1CCN(C(=O)c2cccs2)CCCC(C(=O)NCc2ccccc2)CCN1. The average Bonchev–Trinajstić information content (AvgIpc) is 3.26. The molecule has 0 bridgehead atoms. The topological polar surface area (TPSA) is 78.5 Å². The number of hydrogen-bond donors (Lipinski definition) is 2. The fourth-order valence-corrected chi connectivity index (χ4v) is 4.14. The van der Waals surface area contributed by atoms with E-state index in [9.17, 15) is 14.4 Å². The van der Waals surface area contributed by atoms with Gasteiger partial charge < -0.3 is 15.5 Å². The summed E-state index contributed by atoms with van der Waals surface area (Å²) in [5.41, 5.74) is 1.05. The zero-order valence-corrected chi connectivity index (χ0v) is 17.2. The van der Waals surface area contributed by atoms with Gasteiger partial charge in [0.2, 0.25) is 11.8 Å². The van der Waals surface area contributed by atoms with Crippen molar-refractivity contribution in [3.05, 3.63) is 58.3 Å². The molecule has 0 saturated carbocycles. The van der Waals surface area contributed by atoms with Gasteiger partial charge in [0.25, 0.3) is 5.91 Å². The van der Waals surface area contributed by atoms with E-state index in [-0.39, 0.29) is 30.1 Å². The summed E-state index contributed by atoms with van der Waals surface area (Å²) in [4.78, 5) is 39.9. The average molecular weight is 414 g/mol. The number of hydrogen-bond acceptors (Lipinski definition) is 4. The second kappa shape index (κ2) is 10.8. The smallest absolute Gasteiger partial charge is 0.263 e. The molecule has 1 aromatic heterocycles. The maximum absolute atomic E-state index is 12.7. The quantitative estimate of drug-likeness (QED) is 0.809. The van der Waals surface area contributed by atoms with Gasteiger partial charge in [0.05, 0.1) is 4.88 Å². The van der Waals surface area contributed by atoms with E-state index in [1.807, 2.05) is 41.8 Å². The zero-order chi connectivity index (χ0) is 20.5. The molecule has 1 aliphatic rings. The molecule has 6 nitrogen and oxygen atoms in total. The van der Waals surface area contributed by atoms with E-state index >= 15 is 0 Å². The highest BCUT2D eigenvalue weighted by Gasteiger charge is 2.22. The largest absolute Gasteiger partial charge is 0.356 e. The first-order valence-corrected chi connectivity index (χ1v) is 10.9. The Morgan fingerprint density at radius 2 is 1.93 bits per heavy atom. The van der Waals surface area contributed by atoms with Gasteiger partial charge in [-0.05, 0) is 36.3 Å². The number of amides is 3. The minimum absolute atomic E-state index is 0.00141. The van der Waals surface area contributed by atoms with Crippen molar-refractivity contribution < 1.29 is 14.4 Å². The monoisotopic (exact) mass is 413 g/mol. The van der Waals surface area contributed by atoms with E-state index in [4.69, 9.17) is 0 Å². The van der Waals surface area contributed by atoms with Crippen LogP contribution < -0.4 is 10.6 Å². The highest BCUT2D eigenvalue weighted by molar-refractivity contribution is 7.12. The Hall–Kier alpha value is -2.67. The van der Waals surface area contributed by atoms with Crippen LogP contribution in [0.4, 0.5) is 0 Å². The number of rotatable bonds is 4. The Morgan fingerprint density at radius 3 is 2.69 bits per heavy atom. The second-order valence-electron chi connectivity index (χ2n) is 7.20. The van der Waals surface area contributed by atoms with E-state index in [0.717, 1.165) is 12.0 Å². The summed E-state index contributed by atoms with van der Waals surface area (Å²) in [7, 11) is 0. The highest BCUT2D eigenvalue weighted by Crippen LogP contribution is 2.17. The molecular formula is C22H27N3O3S. The molecule has 7 heteroatoms. The lowest BCUT2D eigenvalue weighted by Crippen LogP contribution is -2.35. The Bertz CT molecular complexity index is 808. The molecule has 1 fully saturated rings. The summed E-state index contributed by atoms with van der Waals surface area (Å²) in [5.74, 6) is -0.314. The van der Waals surface area contributed by atoms with Crippen molar-refractivity contribution >= 4 is 29.1 Å². The molecule has 2 heterocycles. The molecule has 2 aromatic rings. The van der Waals surface area contributed by atoms with Crippen LogP contribution in [0.2, 0.25) is 0 Å². The van der Waals surface area contributed by atoms with Crippen molar-refractivity contribution in [2.24, 2.45) is 5.92 Å². The molecule has 1 aromatic carbocycles. The maximum atomic E-state index is 12.7. The van der Waals surface area contributed by atoms with Crippen LogP contribution >= 0.6 is 11.3 Å². The molecule has 2 N–H and O–H groups in total. The molecular weight excluding hydrogens is 386 g/mol. The van der Waals surface area contributed by atoms with Gasteiger partial charge in [0.1, 0.15) is 0 Å². The van der Waals surface area contributed by atoms with Gasteiger partial charge in [0, 0.05) is 38.5 Å². The molecule has 1 aliphatic heterocycles. The number of benzene rings is 1. The van der Waals surface area contributed by atoms with Crippen molar-refractivity contribution in [2.75, 3.05) is 19.6 Å². The highest BCUT2D eigenvalue weighted by atomic mass is 32.1. The van der Waals surface area contributed by atoms with Crippen LogP contribution in [-0.2, 0) is 16.1 Å². The first kappa shape index (κ1) is 21.0. The third-order valence-electron chi connectivity index (χ3n) is 5.10. The number of thiophene rings is 1. The molecule has 154 valence electrons. The van der Waals surface area contributed by atoms with E-state index in [2.05, 4.69) is 10.6 Å². The fourth-order valence-electron chi connectivity index (χ4n) is 3.45. The van der Waals surface area contributed by atoms with Crippen LogP contribution in [0.15, 0.2) is 47.8 Å². The van der Waals surface area contributed by atoms with Crippen LogP contribution in [0.25, 0.3) is 0 Å². The van der Waals surface area contributed by atoms with Crippen LogP contribution in [0.5, 0.6) is 0 Å². The van der Waals surface area contributed by atoms with E-state index in [0.29, 0.717) is 43.9 Å².